The molecule has 0 aliphatic rings. The zero-order valence-electron chi connectivity index (χ0n) is 6.58. The first-order valence-electron chi connectivity index (χ1n) is 3.64. The van der Waals surface area contributed by atoms with Crippen molar-refractivity contribution >= 4 is 17.2 Å². The van der Waals surface area contributed by atoms with Crippen LogP contribution in [0.3, 0.4) is 0 Å². The summed E-state index contributed by atoms with van der Waals surface area (Å²) in [6, 6.07) is 4.09. The summed E-state index contributed by atoms with van der Waals surface area (Å²) in [4.78, 5) is 5.46. The molecule has 0 aromatic carbocycles. The molecule has 2 N–H and O–H groups in total. The SMILES string of the molecule is CCC(N)=NCc1cccs1. The highest BCUT2D eigenvalue weighted by atomic mass is 32.1. The van der Waals surface area contributed by atoms with E-state index in [9.17, 15) is 0 Å². The standard InChI is InChI=1S/C8H12N2S/c1-2-8(9)10-6-7-4-3-5-11-7/h3-5H,2,6H2,1H3,(H2,9,10). The van der Waals surface area contributed by atoms with Gasteiger partial charge < -0.3 is 5.73 Å². The molecule has 11 heavy (non-hydrogen) atoms. The molecule has 0 radical (unpaired) electrons. The van der Waals surface area contributed by atoms with E-state index < -0.39 is 0 Å². The van der Waals surface area contributed by atoms with Crippen molar-refractivity contribution in [3.8, 4) is 0 Å². The third-order valence-corrected chi connectivity index (χ3v) is 2.24. The Morgan fingerprint density at radius 1 is 1.73 bits per heavy atom. The van der Waals surface area contributed by atoms with Crippen LogP contribution in [0.4, 0.5) is 0 Å². The minimum absolute atomic E-state index is 0.733. The average Bonchev–Trinajstić information content (AvgIpc) is 2.52. The number of aliphatic imine (C=N–C) groups is 1. The minimum atomic E-state index is 0.733. The molecule has 1 aromatic heterocycles. The topological polar surface area (TPSA) is 38.4 Å². The molecule has 0 amide bonds. The lowest BCUT2D eigenvalue weighted by molar-refractivity contribution is 1.06. The van der Waals surface area contributed by atoms with Crippen molar-refractivity contribution in [1.29, 1.82) is 0 Å². The molecule has 0 atom stereocenters. The zero-order chi connectivity index (χ0) is 8.10. The van der Waals surface area contributed by atoms with Gasteiger partial charge in [-0.25, -0.2) is 0 Å². The highest BCUT2D eigenvalue weighted by molar-refractivity contribution is 7.09. The molecule has 2 nitrogen and oxygen atoms in total. The maximum atomic E-state index is 5.54. The van der Waals surface area contributed by atoms with Gasteiger partial charge >= 0.3 is 0 Å². The van der Waals surface area contributed by atoms with Crippen molar-refractivity contribution < 1.29 is 0 Å². The number of nitrogens with zero attached hydrogens (tertiary/aromatic N) is 1. The van der Waals surface area contributed by atoms with E-state index in [-0.39, 0.29) is 0 Å². The van der Waals surface area contributed by atoms with Crippen LogP contribution < -0.4 is 5.73 Å². The van der Waals surface area contributed by atoms with Gasteiger partial charge in [-0.1, -0.05) is 13.0 Å². The van der Waals surface area contributed by atoms with Gasteiger partial charge in [0.05, 0.1) is 12.4 Å². The molecule has 1 rings (SSSR count). The summed E-state index contributed by atoms with van der Waals surface area (Å²) < 4.78 is 0. The second kappa shape index (κ2) is 4.13. The summed E-state index contributed by atoms with van der Waals surface area (Å²) in [5, 5.41) is 2.05. The highest BCUT2D eigenvalue weighted by Crippen LogP contribution is 2.09. The Labute approximate surface area is 70.8 Å². The lowest BCUT2D eigenvalue weighted by Crippen LogP contribution is -2.09. The average molecular weight is 168 g/mol. The molecular weight excluding hydrogens is 156 g/mol. The Morgan fingerprint density at radius 3 is 3.09 bits per heavy atom. The fraction of sp³-hybridized carbons (Fsp3) is 0.375. The van der Waals surface area contributed by atoms with E-state index in [1.165, 1.54) is 4.88 Å². The first kappa shape index (κ1) is 8.27. The van der Waals surface area contributed by atoms with Gasteiger partial charge in [-0.3, -0.25) is 4.99 Å². The number of hydrogen-bond acceptors (Lipinski definition) is 2. The molecule has 0 saturated heterocycles. The first-order chi connectivity index (χ1) is 5.33. The third-order valence-electron chi connectivity index (χ3n) is 1.38. The second-order valence-corrected chi connectivity index (χ2v) is 3.27. The summed E-state index contributed by atoms with van der Waals surface area (Å²) in [5.41, 5.74) is 5.54. The normalized spacial score (nSPS) is 11.9. The van der Waals surface area contributed by atoms with Crippen LogP contribution in [-0.4, -0.2) is 5.84 Å². The molecule has 60 valence electrons. The maximum absolute atomic E-state index is 5.54. The lowest BCUT2D eigenvalue weighted by Gasteiger charge is -1.93. The largest absolute Gasteiger partial charge is 0.387 e. The number of hydrogen-bond donors (Lipinski definition) is 1. The Kier molecular flexibility index (Phi) is 3.11. The van der Waals surface area contributed by atoms with E-state index in [0.717, 1.165) is 18.8 Å². The highest BCUT2D eigenvalue weighted by Gasteiger charge is 1.90. The fourth-order valence-corrected chi connectivity index (χ4v) is 1.32. The minimum Gasteiger partial charge on any atom is -0.387 e. The molecule has 0 unspecified atom stereocenters. The summed E-state index contributed by atoms with van der Waals surface area (Å²) in [7, 11) is 0. The van der Waals surface area contributed by atoms with Crippen molar-refractivity contribution in [3.05, 3.63) is 22.4 Å². The van der Waals surface area contributed by atoms with Crippen molar-refractivity contribution in [2.24, 2.45) is 10.7 Å². The van der Waals surface area contributed by atoms with Crippen molar-refractivity contribution in [1.82, 2.24) is 0 Å². The van der Waals surface area contributed by atoms with Crippen LogP contribution in [0.2, 0.25) is 0 Å². The summed E-state index contributed by atoms with van der Waals surface area (Å²) >= 11 is 1.71. The van der Waals surface area contributed by atoms with Crippen molar-refractivity contribution in [2.45, 2.75) is 19.9 Å². The summed E-state index contributed by atoms with van der Waals surface area (Å²) in [6.07, 6.45) is 0.839. The van der Waals surface area contributed by atoms with Gasteiger partial charge in [0.1, 0.15) is 0 Å². The van der Waals surface area contributed by atoms with Gasteiger partial charge in [0, 0.05) is 11.3 Å². The Balaban J connectivity index is 2.45. The van der Waals surface area contributed by atoms with Crippen molar-refractivity contribution in [3.63, 3.8) is 0 Å². The number of amidine groups is 1. The van der Waals surface area contributed by atoms with Gasteiger partial charge in [0.25, 0.3) is 0 Å². The molecule has 0 aliphatic heterocycles. The van der Waals surface area contributed by atoms with Crippen LogP contribution >= 0.6 is 11.3 Å². The summed E-state index contributed by atoms with van der Waals surface area (Å²) in [6.45, 7) is 2.74. The predicted molar refractivity (Wildman–Crippen MR) is 49.9 cm³/mol. The second-order valence-electron chi connectivity index (χ2n) is 2.24. The van der Waals surface area contributed by atoms with Gasteiger partial charge in [0.2, 0.25) is 0 Å². The fourth-order valence-electron chi connectivity index (χ4n) is 0.694. The molecule has 0 saturated carbocycles. The quantitative estimate of drug-likeness (QED) is 0.544. The molecule has 0 spiro atoms. The molecule has 0 fully saturated rings. The Hall–Kier alpha value is -0.830. The summed E-state index contributed by atoms with van der Waals surface area (Å²) in [5.74, 6) is 0.735. The Morgan fingerprint density at radius 2 is 2.55 bits per heavy atom. The van der Waals surface area contributed by atoms with Gasteiger partial charge in [-0.05, 0) is 11.4 Å². The molecule has 0 aliphatic carbocycles. The zero-order valence-corrected chi connectivity index (χ0v) is 7.40. The van der Waals surface area contributed by atoms with Gasteiger partial charge in [0.15, 0.2) is 0 Å². The van der Waals surface area contributed by atoms with Crippen LogP contribution in [0, 0.1) is 0 Å². The van der Waals surface area contributed by atoms with E-state index in [1.807, 2.05) is 18.4 Å². The van der Waals surface area contributed by atoms with Crippen LogP contribution in [0.1, 0.15) is 18.2 Å². The lowest BCUT2D eigenvalue weighted by atomic mass is 10.4. The van der Waals surface area contributed by atoms with Crippen LogP contribution in [-0.2, 0) is 6.54 Å². The molecular formula is C8H12N2S. The van der Waals surface area contributed by atoms with Crippen LogP contribution in [0.5, 0.6) is 0 Å². The van der Waals surface area contributed by atoms with E-state index in [4.69, 9.17) is 5.73 Å². The number of nitrogens with two attached hydrogens (primary N) is 1. The predicted octanol–water partition coefficient (Wildman–Crippen LogP) is 2.02. The number of rotatable bonds is 3. The van der Waals surface area contributed by atoms with E-state index >= 15 is 0 Å². The van der Waals surface area contributed by atoms with Crippen LogP contribution in [0.15, 0.2) is 22.5 Å². The van der Waals surface area contributed by atoms with E-state index in [2.05, 4.69) is 11.1 Å². The number of thiophene rings is 1. The smallest absolute Gasteiger partial charge is 0.0938 e. The Bertz CT molecular complexity index is 226. The molecule has 1 heterocycles. The monoisotopic (exact) mass is 168 g/mol. The molecule has 0 bridgehead atoms. The van der Waals surface area contributed by atoms with Gasteiger partial charge in [-0.15, -0.1) is 11.3 Å². The molecule has 1 aromatic rings. The maximum Gasteiger partial charge on any atom is 0.0938 e. The van der Waals surface area contributed by atoms with Gasteiger partial charge in [-0.2, -0.15) is 0 Å². The van der Waals surface area contributed by atoms with Crippen molar-refractivity contribution in [2.75, 3.05) is 0 Å². The van der Waals surface area contributed by atoms with E-state index in [1.54, 1.807) is 11.3 Å². The molecule has 3 heteroatoms. The first-order valence-corrected chi connectivity index (χ1v) is 4.52. The third kappa shape index (κ3) is 2.72. The van der Waals surface area contributed by atoms with E-state index in [0.29, 0.717) is 0 Å². The van der Waals surface area contributed by atoms with Crippen LogP contribution in [0.25, 0.3) is 0 Å².